The second-order valence-electron chi connectivity index (χ2n) is 7.18. The van der Waals surface area contributed by atoms with Gasteiger partial charge in [-0.25, -0.2) is 0 Å². The van der Waals surface area contributed by atoms with Crippen LogP contribution >= 0.6 is 0 Å². The lowest BCUT2D eigenvalue weighted by atomic mass is 10.00. The molecule has 28 heavy (non-hydrogen) atoms. The maximum absolute atomic E-state index is 12.9. The summed E-state index contributed by atoms with van der Waals surface area (Å²) < 4.78 is 21.5. The topological polar surface area (TPSA) is 86.9 Å². The Kier molecular flexibility index (Phi) is 5.47. The minimum Gasteiger partial charge on any atom is -0.493 e. The Balaban J connectivity index is 1.42. The van der Waals surface area contributed by atoms with E-state index in [1.165, 1.54) is 0 Å². The van der Waals surface area contributed by atoms with Gasteiger partial charge in [0.25, 0.3) is 5.91 Å². The molecule has 2 aliphatic heterocycles. The number of hydrogen-bond donors (Lipinski definition) is 0. The number of methoxy groups -OCH3 is 2. The SMILES string of the molecule is COc1ccc(C(=O)N2CC[C@H](c3nc(C4CCOCC4)no3)C2)cc1OC. The molecule has 1 amide bonds. The number of ether oxygens (including phenoxy) is 3. The Bertz CT molecular complexity index is 831. The van der Waals surface area contributed by atoms with Gasteiger partial charge in [-0.1, -0.05) is 5.16 Å². The number of carbonyl (C=O) groups excluding carboxylic acids is 1. The predicted molar refractivity (Wildman–Crippen MR) is 99.9 cm³/mol. The quantitative estimate of drug-likeness (QED) is 0.779. The molecule has 1 aromatic carbocycles. The summed E-state index contributed by atoms with van der Waals surface area (Å²) in [7, 11) is 3.13. The monoisotopic (exact) mass is 387 g/mol. The van der Waals surface area contributed by atoms with Crippen LogP contribution in [0.1, 0.15) is 53.2 Å². The van der Waals surface area contributed by atoms with Crippen LogP contribution < -0.4 is 9.47 Å². The summed E-state index contributed by atoms with van der Waals surface area (Å²) in [6.07, 6.45) is 2.66. The van der Waals surface area contributed by atoms with Crippen LogP contribution in [-0.2, 0) is 4.74 Å². The molecule has 1 atom stereocenters. The van der Waals surface area contributed by atoms with Gasteiger partial charge in [-0.15, -0.1) is 0 Å². The summed E-state index contributed by atoms with van der Waals surface area (Å²) in [6.45, 7) is 2.71. The van der Waals surface area contributed by atoms with Crippen LogP contribution in [0, 0.1) is 0 Å². The summed E-state index contributed by atoms with van der Waals surface area (Å²) in [5.41, 5.74) is 0.576. The van der Waals surface area contributed by atoms with Crippen molar-refractivity contribution in [1.82, 2.24) is 15.0 Å². The zero-order valence-corrected chi connectivity index (χ0v) is 16.2. The first kappa shape index (κ1) is 18.7. The summed E-state index contributed by atoms with van der Waals surface area (Å²) in [5, 5.41) is 4.18. The van der Waals surface area contributed by atoms with Crippen LogP contribution in [0.25, 0.3) is 0 Å². The summed E-state index contributed by atoms with van der Waals surface area (Å²) in [6, 6.07) is 5.22. The molecule has 150 valence electrons. The Morgan fingerprint density at radius 1 is 1.11 bits per heavy atom. The molecule has 1 aromatic heterocycles. The molecule has 2 fully saturated rings. The van der Waals surface area contributed by atoms with Gasteiger partial charge in [0.2, 0.25) is 5.89 Å². The maximum atomic E-state index is 12.9. The van der Waals surface area contributed by atoms with E-state index in [0.717, 1.165) is 38.3 Å². The highest BCUT2D eigenvalue weighted by atomic mass is 16.5. The van der Waals surface area contributed by atoms with Crippen molar-refractivity contribution in [3.63, 3.8) is 0 Å². The second kappa shape index (κ2) is 8.18. The average molecular weight is 387 g/mol. The molecular weight excluding hydrogens is 362 g/mol. The summed E-state index contributed by atoms with van der Waals surface area (Å²) >= 11 is 0. The number of nitrogens with zero attached hydrogens (tertiary/aromatic N) is 3. The number of likely N-dealkylation sites (tertiary alicyclic amines) is 1. The van der Waals surface area contributed by atoms with Crippen molar-refractivity contribution >= 4 is 5.91 Å². The molecule has 0 aliphatic carbocycles. The number of rotatable bonds is 5. The molecule has 8 nitrogen and oxygen atoms in total. The molecule has 0 bridgehead atoms. The lowest BCUT2D eigenvalue weighted by Crippen LogP contribution is -2.28. The van der Waals surface area contributed by atoms with E-state index in [9.17, 15) is 4.79 Å². The number of hydrogen-bond acceptors (Lipinski definition) is 7. The molecule has 0 radical (unpaired) electrons. The van der Waals surface area contributed by atoms with Crippen LogP contribution in [0.2, 0.25) is 0 Å². The van der Waals surface area contributed by atoms with Crippen LogP contribution in [0.15, 0.2) is 22.7 Å². The normalized spacial score (nSPS) is 20.4. The first-order valence-corrected chi connectivity index (χ1v) is 9.62. The van der Waals surface area contributed by atoms with Crippen molar-refractivity contribution in [2.75, 3.05) is 40.5 Å². The van der Waals surface area contributed by atoms with Crippen LogP contribution in [0.5, 0.6) is 11.5 Å². The maximum Gasteiger partial charge on any atom is 0.254 e. The average Bonchev–Trinajstić information content (AvgIpc) is 3.43. The second-order valence-corrected chi connectivity index (χ2v) is 7.18. The third kappa shape index (κ3) is 3.69. The van der Waals surface area contributed by atoms with Gasteiger partial charge in [-0.2, -0.15) is 4.98 Å². The summed E-state index contributed by atoms with van der Waals surface area (Å²) in [5.74, 6) is 2.88. The van der Waals surface area contributed by atoms with E-state index in [2.05, 4.69) is 10.1 Å². The zero-order valence-electron chi connectivity index (χ0n) is 16.2. The minimum absolute atomic E-state index is 0.0346. The Labute approximate surface area is 163 Å². The number of amides is 1. The molecule has 2 aliphatic rings. The van der Waals surface area contributed by atoms with Gasteiger partial charge in [-0.05, 0) is 37.5 Å². The van der Waals surface area contributed by atoms with E-state index < -0.39 is 0 Å². The van der Waals surface area contributed by atoms with Crippen molar-refractivity contribution in [3.8, 4) is 11.5 Å². The van der Waals surface area contributed by atoms with Crippen LogP contribution in [0.4, 0.5) is 0 Å². The van der Waals surface area contributed by atoms with Crippen molar-refractivity contribution in [2.45, 2.75) is 31.1 Å². The number of benzene rings is 1. The van der Waals surface area contributed by atoms with Gasteiger partial charge in [0.05, 0.1) is 20.1 Å². The van der Waals surface area contributed by atoms with Crippen molar-refractivity contribution in [1.29, 1.82) is 0 Å². The zero-order chi connectivity index (χ0) is 19.5. The first-order chi connectivity index (χ1) is 13.7. The standard InChI is InChI=1S/C20H25N3O5/c1-25-16-4-3-14(11-17(16)26-2)20(24)23-8-5-15(12-23)19-21-18(22-28-19)13-6-9-27-10-7-13/h3-4,11,13,15H,5-10,12H2,1-2H3/t15-/m0/s1. The minimum atomic E-state index is -0.0346. The van der Waals surface area contributed by atoms with Crippen molar-refractivity contribution in [3.05, 3.63) is 35.5 Å². The van der Waals surface area contributed by atoms with Crippen molar-refractivity contribution < 1.29 is 23.5 Å². The molecule has 4 rings (SSSR count). The lowest BCUT2D eigenvalue weighted by molar-refractivity contribution is 0.0789. The highest BCUT2D eigenvalue weighted by molar-refractivity contribution is 5.95. The van der Waals surface area contributed by atoms with Gasteiger partial charge in [-0.3, -0.25) is 4.79 Å². The molecule has 0 unspecified atom stereocenters. The van der Waals surface area contributed by atoms with E-state index in [1.807, 2.05) is 4.90 Å². The Hall–Kier alpha value is -2.61. The Morgan fingerprint density at radius 3 is 2.64 bits per heavy atom. The van der Waals surface area contributed by atoms with E-state index in [1.54, 1.807) is 32.4 Å². The molecule has 3 heterocycles. The molecule has 2 saturated heterocycles. The van der Waals surface area contributed by atoms with Gasteiger partial charge < -0.3 is 23.6 Å². The van der Waals surface area contributed by atoms with E-state index in [0.29, 0.717) is 42.0 Å². The fourth-order valence-electron chi connectivity index (χ4n) is 3.83. The largest absolute Gasteiger partial charge is 0.493 e. The third-order valence-corrected chi connectivity index (χ3v) is 5.50. The Morgan fingerprint density at radius 2 is 1.89 bits per heavy atom. The van der Waals surface area contributed by atoms with Crippen LogP contribution in [-0.4, -0.2) is 61.5 Å². The highest BCUT2D eigenvalue weighted by Crippen LogP contribution is 2.32. The fraction of sp³-hybridized carbons (Fsp3) is 0.550. The molecule has 2 aromatic rings. The van der Waals surface area contributed by atoms with Gasteiger partial charge in [0, 0.05) is 37.8 Å². The van der Waals surface area contributed by atoms with Gasteiger partial charge in [0.15, 0.2) is 17.3 Å². The third-order valence-electron chi connectivity index (χ3n) is 5.50. The smallest absolute Gasteiger partial charge is 0.254 e. The number of carbonyl (C=O) groups is 1. The van der Waals surface area contributed by atoms with E-state index in [4.69, 9.17) is 18.7 Å². The molecular formula is C20H25N3O5. The summed E-state index contributed by atoms with van der Waals surface area (Å²) in [4.78, 5) is 19.3. The van der Waals surface area contributed by atoms with Crippen LogP contribution in [0.3, 0.4) is 0 Å². The van der Waals surface area contributed by atoms with Gasteiger partial charge in [0.1, 0.15) is 0 Å². The van der Waals surface area contributed by atoms with Gasteiger partial charge >= 0.3 is 0 Å². The molecule has 8 heteroatoms. The highest BCUT2D eigenvalue weighted by Gasteiger charge is 2.33. The molecule has 0 saturated carbocycles. The lowest BCUT2D eigenvalue weighted by Gasteiger charge is -2.18. The predicted octanol–water partition coefficient (Wildman–Crippen LogP) is 2.61. The van der Waals surface area contributed by atoms with E-state index in [-0.39, 0.29) is 11.8 Å². The fourth-order valence-corrected chi connectivity index (χ4v) is 3.83. The number of aromatic nitrogens is 2. The first-order valence-electron chi connectivity index (χ1n) is 9.62. The molecule has 0 spiro atoms. The van der Waals surface area contributed by atoms with E-state index >= 15 is 0 Å². The molecule has 0 N–H and O–H groups in total. The van der Waals surface area contributed by atoms with Crippen molar-refractivity contribution in [2.24, 2.45) is 0 Å².